The minimum Gasteiger partial charge on any atom is -0.296 e. The number of hydrogen-bond donors (Lipinski definition) is 0. The minimum atomic E-state index is -3.15. The van der Waals surface area contributed by atoms with Crippen molar-refractivity contribution in [1.82, 2.24) is 29.4 Å². The summed E-state index contributed by atoms with van der Waals surface area (Å²) in [6, 6.07) is 0.593. The van der Waals surface area contributed by atoms with Crippen LogP contribution in [0, 0.1) is 0 Å². The summed E-state index contributed by atoms with van der Waals surface area (Å²) in [6.45, 7) is 6.71. The maximum absolute atomic E-state index is 12.3. The van der Waals surface area contributed by atoms with Gasteiger partial charge in [0.05, 0.1) is 18.8 Å². The normalized spacial score (nSPS) is 23.8. The van der Waals surface area contributed by atoms with Crippen molar-refractivity contribution in [3.05, 3.63) is 5.82 Å². The van der Waals surface area contributed by atoms with Gasteiger partial charge in [0.1, 0.15) is 0 Å². The first kappa shape index (κ1) is 18.7. The maximum Gasteiger partial charge on any atom is 0.211 e. The molecule has 8 nitrogen and oxygen atoms in total. The lowest BCUT2D eigenvalue weighted by Gasteiger charge is -2.40. The molecule has 25 heavy (non-hydrogen) atoms. The molecule has 1 aromatic rings. The number of tetrazole rings is 1. The van der Waals surface area contributed by atoms with Crippen LogP contribution >= 0.6 is 0 Å². The van der Waals surface area contributed by atoms with Crippen LogP contribution in [-0.2, 0) is 16.6 Å². The molecule has 0 radical (unpaired) electrons. The number of sulfonamides is 1. The van der Waals surface area contributed by atoms with Gasteiger partial charge in [0, 0.05) is 18.6 Å². The number of aromatic nitrogens is 4. The topological polar surface area (TPSA) is 84.2 Å². The van der Waals surface area contributed by atoms with E-state index in [1.54, 1.807) is 0 Å². The van der Waals surface area contributed by atoms with E-state index in [0.717, 1.165) is 64.0 Å². The molecule has 2 fully saturated rings. The van der Waals surface area contributed by atoms with Crippen LogP contribution in [-0.4, -0.2) is 69.3 Å². The molecule has 0 spiro atoms. The molecular formula is C16H30N6O2S. The molecule has 142 valence electrons. The molecule has 0 unspecified atom stereocenters. The first-order chi connectivity index (χ1) is 11.9. The van der Waals surface area contributed by atoms with E-state index in [4.69, 9.17) is 0 Å². The second kappa shape index (κ2) is 7.67. The Bertz CT molecular complexity index is 670. The van der Waals surface area contributed by atoms with Gasteiger partial charge in [-0.05, 0) is 62.9 Å². The predicted octanol–water partition coefficient (Wildman–Crippen LogP) is 1.42. The SMILES string of the molecule is CC(C)n1nnnc1CN1CCC[C@H](N(C2CCC2)S(C)(=O)=O)CC1. The standard InChI is InChI=1S/C16H30N6O2S/c1-13(2)21-16(17-18-19-21)12-20-10-5-8-15(9-11-20)22(25(3,23)24)14-6-4-7-14/h13-15H,4-12H2,1-3H3/t15-/m0/s1. The highest BCUT2D eigenvalue weighted by Crippen LogP contribution is 2.32. The van der Waals surface area contributed by atoms with Crippen LogP contribution in [0.1, 0.15) is 64.2 Å². The summed E-state index contributed by atoms with van der Waals surface area (Å²) >= 11 is 0. The van der Waals surface area contributed by atoms with Crippen molar-refractivity contribution in [1.29, 1.82) is 0 Å². The quantitative estimate of drug-likeness (QED) is 0.753. The molecule has 1 aromatic heterocycles. The third kappa shape index (κ3) is 4.38. The van der Waals surface area contributed by atoms with Gasteiger partial charge in [-0.25, -0.2) is 13.1 Å². The second-order valence-electron chi connectivity index (χ2n) is 7.67. The Balaban J connectivity index is 1.64. The average Bonchev–Trinajstić information content (AvgIpc) is 2.81. The molecule has 1 saturated carbocycles. The summed E-state index contributed by atoms with van der Waals surface area (Å²) < 4.78 is 28.3. The fraction of sp³-hybridized carbons (Fsp3) is 0.938. The lowest BCUT2D eigenvalue weighted by molar-refractivity contribution is 0.160. The lowest BCUT2D eigenvalue weighted by atomic mass is 9.91. The molecule has 2 aliphatic rings. The molecule has 2 heterocycles. The first-order valence-electron chi connectivity index (χ1n) is 9.34. The smallest absolute Gasteiger partial charge is 0.211 e. The Morgan fingerprint density at radius 2 is 1.80 bits per heavy atom. The average molecular weight is 371 g/mol. The Morgan fingerprint density at radius 1 is 1.12 bits per heavy atom. The van der Waals surface area contributed by atoms with Gasteiger partial charge < -0.3 is 0 Å². The van der Waals surface area contributed by atoms with E-state index in [1.807, 2.05) is 8.99 Å². The van der Waals surface area contributed by atoms with Gasteiger partial charge in [-0.3, -0.25) is 4.90 Å². The molecule has 9 heteroatoms. The van der Waals surface area contributed by atoms with Gasteiger partial charge in [0.15, 0.2) is 5.82 Å². The third-order valence-corrected chi connectivity index (χ3v) is 6.74. The number of hydrogen-bond acceptors (Lipinski definition) is 6. The molecule has 1 saturated heterocycles. The zero-order valence-corrected chi connectivity index (χ0v) is 16.3. The van der Waals surface area contributed by atoms with E-state index in [1.165, 1.54) is 6.26 Å². The van der Waals surface area contributed by atoms with E-state index in [9.17, 15) is 8.42 Å². The summed E-state index contributed by atoms with van der Waals surface area (Å²) in [6.07, 6.45) is 7.36. The summed E-state index contributed by atoms with van der Waals surface area (Å²) in [5.41, 5.74) is 0. The summed E-state index contributed by atoms with van der Waals surface area (Å²) in [7, 11) is -3.15. The fourth-order valence-corrected chi connectivity index (χ4v) is 5.45. The molecule has 3 rings (SSSR count). The van der Waals surface area contributed by atoms with E-state index >= 15 is 0 Å². The van der Waals surface area contributed by atoms with Gasteiger partial charge >= 0.3 is 0 Å². The molecule has 1 aliphatic carbocycles. The van der Waals surface area contributed by atoms with Crippen molar-refractivity contribution in [3.8, 4) is 0 Å². The zero-order valence-electron chi connectivity index (χ0n) is 15.5. The monoisotopic (exact) mass is 370 g/mol. The Hall–Kier alpha value is -1.06. The number of rotatable bonds is 6. The minimum absolute atomic E-state index is 0.131. The molecule has 1 aliphatic heterocycles. The summed E-state index contributed by atoms with van der Waals surface area (Å²) in [5, 5.41) is 12.0. The highest BCUT2D eigenvalue weighted by Gasteiger charge is 2.37. The van der Waals surface area contributed by atoms with Gasteiger partial charge in [-0.2, -0.15) is 4.31 Å². The van der Waals surface area contributed by atoms with Crippen molar-refractivity contribution in [2.24, 2.45) is 0 Å². The Kier molecular flexibility index (Phi) is 5.75. The largest absolute Gasteiger partial charge is 0.296 e. The van der Waals surface area contributed by atoms with Crippen LogP contribution in [0.15, 0.2) is 0 Å². The van der Waals surface area contributed by atoms with Crippen molar-refractivity contribution in [2.45, 2.75) is 77.0 Å². The van der Waals surface area contributed by atoms with Crippen LogP contribution in [0.4, 0.5) is 0 Å². The van der Waals surface area contributed by atoms with Gasteiger partial charge in [-0.15, -0.1) is 5.10 Å². The highest BCUT2D eigenvalue weighted by atomic mass is 32.2. The third-order valence-electron chi connectivity index (χ3n) is 5.38. The molecule has 1 atom stereocenters. The molecule has 0 amide bonds. The van der Waals surface area contributed by atoms with Crippen LogP contribution < -0.4 is 0 Å². The van der Waals surface area contributed by atoms with E-state index < -0.39 is 10.0 Å². The van der Waals surface area contributed by atoms with Gasteiger partial charge in [0.2, 0.25) is 10.0 Å². The highest BCUT2D eigenvalue weighted by molar-refractivity contribution is 7.88. The van der Waals surface area contributed by atoms with Crippen LogP contribution in [0.5, 0.6) is 0 Å². The van der Waals surface area contributed by atoms with Gasteiger partial charge in [-0.1, -0.05) is 6.42 Å². The molecule has 0 bridgehead atoms. The van der Waals surface area contributed by atoms with Crippen molar-refractivity contribution in [2.75, 3.05) is 19.3 Å². The Morgan fingerprint density at radius 3 is 2.40 bits per heavy atom. The van der Waals surface area contributed by atoms with Crippen LogP contribution in [0.3, 0.4) is 0 Å². The van der Waals surface area contributed by atoms with Crippen molar-refractivity contribution >= 4 is 10.0 Å². The lowest BCUT2D eigenvalue weighted by Crippen LogP contribution is -2.49. The van der Waals surface area contributed by atoms with E-state index in [2.05, 4.69) is 34.3 Å². The summed E-state index contributed by atoms with van der Waals surface area (Å²) in [5.74, 6) is 0.882. The Labute approximate surface area is 150 Å². The van der Waals surface area contributed by atoms with Crippen molar-refractivity contribution in [3.63, 3.8) is 0 Å². The molecule has 0 aromatic carbocycles. The predicted molar refractivity (Wildman–Crippen MR) is 95.4 cm³/mol. The zero-order chi connectivity index (χ0) is 18.0. The van der Waals surface area contributed by atoms with Crippen molar-refractivity contribution < 1.29 is 8.42 Å². The van der Waals surface area contributed by atoms with E-state index in [0.29, 0.717) is 0 Å². The fourth-order valence-electron chi connectivity index (χ4n) is 3.95. The molecular weight excluding hydrogens is 340 g/mol. The molecule has 0 N–H and O–H groups in total. The number of nitrogens with zero attached hydrogens (tertiary/aromatic N) is 6. The van der Waals surface area contributed by atoms with Crippen LogP contribution in [0.25, 0.3) is 0 Å². The van der Waals surface area contributed by atoms with Crippen LogP contribution in [0.2, 0.25) is 0 Å². The second-order valence-corrected chi connectivity index (χ2v) is 9.56. The number of likely N-dealkylation sites (tertiary alicyclic amines) is 1. The van der Waals surface area contributed by atoms with Gasteiger partial charge in [0.25, 0.3) is 0 Å². The summed E-state index contributed by atoms with van der Waals surface area (Å²) in [4.78, 5) is 2.35. The maximum atomic E-state index is 12.3. The van der Waals surface area contributed by atoms with E-state index in [-0.39, 0.29) is 18.1 Å². The first-order valence-corrected chi connectivity index (χ1v) is 11.2.